The molecular weight excluding hydrogens is 274 g/mol. The molecule has 0 bridgehead atoms. The molecule has 1 aliphatic carbocycles. The summed E-state index contributed by atoms with van der Waals surface area (Å²) in [6.45, 7) is 2.93. The van der Waals surface area contributed by atoms with E-state index in [1.54, 1.807) is 19.1 Å². The first kappa shape index (κ1) is 14.6. The number of nitro groups is 1. The molecule has 0 atom stereocenters. The number of ether oxygens (including phenoxy) is 1. The second-order valence-corrected chi connectivity index (χ2v) is 4.68. The number of carbonyl (C=O) groups excluding carboxylic acids is 2. The standard InChI is InChI=1S/C15H13NO5/c1-9-7-14(18)12(15(9)21-10(2)17)8-11-5-3-4-6-13(11)16(19)20/h3-6,8H,7H2,1-2H3/b12-8-. The molecule has 0 aromatic heterocycles. The third kappa shape index (κ3) is 3.05. The molecule has 0 unspecified atom stereocenters. The highest BCUT2D eigenvalue weighted by molar-refractivity contribution is 6.08. The maximum Gasteiger partial charge on any atom is 0.308 e. The minimum atomic E-state index is -0.535. The Balaban J connectivity index is 2.51. The monoisotopic (exact) mass is 287 g/mol. The van der Waals surface area contributed by atoms with Crippen LogP contribution < -0.4 is 0 Å². The third-order valence-corrected chi connectivity index (χ3v) is 3.04. The zero-order chi connectivity index (χ0) is 15.6. The fourth-order valence-electron chi connectivity index (χ4n) is 2.14. The Morgan fingerprint density at radius 2 is 2.05 bits per heavy atom. The number of hydrogen-bond donors (Lipinski definition) is 0. The van der Waals surface area contributed by atoms with Gasteiger partial charge in [0.1, 0.15) is 5.76 Å². The predicted octanol–water partition coefficient (Wildman–Crippen LogP) is 2.79. The van der Waals surface area contributed by atoms with E-state index in [0.717, 1.165) is 0 Å². The maximum absolute atomic E-state index is 12.0. The Labute approximate surface area is 120 Å². The first-order chi connectivity index (χ1) is 9.90. The molecule has 2 rings (SSSR count). The summed E-state index contributed by atoms with van der Waals surface area (Å²) in [6, 6.07) is 6.08. The van der Waals surface area contributed by atoms with E-state index in [2.05, 4.69) is 0 Å². The van der Waals surface area contributed by atoms with E-state index in [4.69, 9.17) is 4.74 Å². The molecule has 0 heterocycles. The van der Waals surface area contributed by atoms with Gasteiger partial charge in [0.2, 0.25) is 0 Å². The van der Waals surface area contributed by atoms with Crippen molar-refractivity contribution < 1.29 is 19.2 Å². The summed E-state index contributed by atoms with van der Waals surface area (Å²) in [5, 5.41) is 11.0. The lowest BCUT2D eigenvalue weighted by Gasteiger charge is -2.05. The number of rotatable bonds is 3. The van der Waals surface area contributed by atoms with Crippen molar-refractivity contribution in [2.24, 2.45) is 0 Å². The molecule has 21 heavy (non-hydrogen) atoms. The maximum atomic E-state index is 12.0. The van der Waals surface area contributed by atoms with Crippen molar-refractivity contribution in [1.82, 2.24) is 0 Å². The van der Waals surface area contributed by atoms with E-state index >= 15 is 0 Å². The summed E-state index contributed by atoms with van der Waals surface area (Å²) in [4.78, 5) is 33.6. The van der Waals surface area contributed by atoms with Crippen LogP contribution in [0, 0.1) is 10.1 Å². The van der Waals surface area contributed by atoms with Crippen molar-refractivity contribution in [3.8, 4) is 0 Å². The first-order valence-electron chi connectivity index (χ1n) is 6.27. The van der Waals surface area contributed by atoms with E-state index < -0.39 is 10.9 Å². The lowest BCUT2D eigenvalue weighted by molar-refractivity contribution is -0.385. The highest BCUT2D eigenvalue weighted by Crippen LogP contribution is 2.32. The number of carbonyl (C=O) groups is 2. The summed E-state index contributed by atoms with van der Waals surface area (Å²) < 4.78 is 5.06. The van der Waals surface area contributed by atoms with Gasteiger partial charge in [-0.2, -0.15) is 0 Å². The quantitative estimate of drug-likeness (QED) is 0.369. The first-order valence-corrected chi connectivity index (χ1v) is 6.27. The molecule has 1 aromatic carbocycles. The van der Waals surface area contributed by atoms with Crippen LogP contribution in [0.15, 0.2) is 41.2 Å². The van der Waals surface area contributed by atoms with Crippen molar-refractivity contribution in [3.63, 3.8) is 0 Å². The number of hydrogen-bond acceptors (Lipinski definition) is 5. The molecule has 0 amide bonds. The molecule has 0 saturated heterocycles. The SMILES string of the molecule is CC(=O)OC1=C(C)CC(=O)/C1=C/c1ccccc1[N+](=O)[O-]. The Hall–Kier alpha value is -2.76. The second kappa shape index (κ2) is 5.70. The number of Topliss-reactive ketones (excluding diaryl/α,β-unsaturated/α-hetero) is 1. The molecule has 0 saturated carbocycles. The van der Waals surface area contributed by atoms with Gasteiger partial charge in [-0.05, 0) is 24.6 Å². The van der Waals surface area contributed by atoms with Gasteiger partial charge in [0, 0.05) is 19.4 Å². The zero-order valence-corrected chi connectivity index (χ0v) is 11.6. The van der Waals surface area contributed by atoms with E-state index in [-0.39, 0.29) is 29.2 Å². The minimum Gasteiger partial charge on any atom is -0.426 e. The van der Waals surface area contributed by atoms with Gasteiger partial charge < -0.3 is 4.74 Å². The number of para-hydroxylation sites is 1. The van der Waals surface area contributed by atoms with Gasteiger partial charge in [0.05, 0.1) is 16.1 Å². The number of ketones is 1. The van der Waals surface area contributed by atoms with E-state index in [0.29, 0.717) is 11.1 Å². The second-order valence-electron chi connectivity index (χ2n) is 4.68. The van der Waals surface area contributed by atoms with Gasteiger partial charge in [-0.3, -0.25) is 19.7 Å². The van der Waals surface area contributed by atoms with Crippen LogP contribution in [0.25, 0.3) is 6.08 Å². The number of nitro benzene ring substituents is 1. The molecule has 6 nitrogen and oxygen atoms in total. The van der Waals surface area contributed by atoms with Crippen molar-refractivity contribution in [2.75, 3.05) is 0 Å². The molecular formula is C15H13NO5. The summed E-state index contributed by atoms with van der Waals surface area (Å²) in [7, 11) is 0. The van der Waals surface area contributed by atoms with Crippen LogP contribution in [0.5, 0.6) is 0 Å². The topological polar surface area (TPSA) is 86.5 Å². The third-order valence-electron chi connectivity index (χ3n) is 3.04. The van der Waals surface area contributed by atoms with Crippen LogP contribution in [0.3, 0.4) is 0 Å². The van der Waals surface area contributed by atoms with Gasteiger partial charge in [-0.1, -0.05) is 12.1 Å². The summed E-state index contributed by atoms with van der Waals surface area (Å²) in [5.41, 5.74) is 1.02. The normalized spacial score (nSPS) is 16.5. The fourth-order valence-corrected chi connectivity index (χ4v) is 2.14. The molecule has 0 radical (unpaired) electrons. The number of allylic oxidation sites excluding steroid dienone is 2. The van der Waals surface area contributed by atoms with Crippen LogP contribution >= 0.6 is 0 Å². The van der Waals surface area contributed by atoms with Crippen LogP contribution in [0.4, 0.5) is 5.69 Å². The van der Waals surface area contributed by atoms with Gasteiger partial charge in [0.25, 0.3) is 5.69 Å². The van der Waals surface area contributed by atoms with Crippen molar-refractivity contribution in [3.05, 3.63) is 56.8 Å². The summed E-state index contributed by atoms with van der Waals surface area (Å²) >= 11 is 0. The van der Waals surface area contributed by atoms with E-state index in [1.807, 2.05) is 0 Å². The molecule has 1 aromatic rings. The summed E-state index contributed by atoms with van der Waals surface area (Å²) in [6.07, 6.45) is 1.55. The van der Waals surface area contributed by atoms with Crippen LogP contribution in [-0.4, -0.2) is 16.7 Å². The van der Waals surface area contributed by atoms with Gasteiger partial charge in [-0.15, -0.1) is 0 Å². The fraction of sp³-hybridized carbons (Fsp3) is 0.200. The lowest BCUT2D eigenvalue weighted by Crippen LogP contribution is -2.03. The minimum absolute atomic E-state index is 0.107. The van der Waals surface area contributed by atoms with Crippen molar-refractivity contribution in [1.29, 1.82) is 0 Å². The Morgan fingerprint density at radius 3 is 2.67 bits per heavy atom. The zero-order valence-electron chi connectivity index (χ0n) is 11.6. The van der Waals surface area contributed by atoms with Gasteiger partial charge in [0.15, 0.2) is 5.78 Å². The summed E-state index contributed by atoms with van der Waals surface area (Å²) in [5.74, 6) is -0.555. The Kier molecular flexibility index (Phi) is 3.98. The van der Waals surface area contributed by atoms with E-state index in [9.17, 15) is 19.7 Å². The average molecular weight is 287 g/mol. The molecule has 108 valence electrons. The van der Waals surface area contributed by atoms with Crippen molar-refractivity contribution in [2.45, 2.75) is 20.3 Å². The van der Waals surface area contributed by atoms with Crippen LogP contribution in [0.1, 0.15) is 25.8 Å². The van der Waals surface area contributed by atoms with Gasteiger partial charge in [-0.25, -0.2) is 0 Å². The molecule has 0 fully saturated rings. The average Bonchev–Trinajstić information content (AvgIpc) is 2.65. The predicted molar refractivity (Wildman–Crippen MR) is 75.2 cm³/mol. The van der Waals surface area contributed by atoms with Crippen LogP contribution in [-0.2, 0) is 14.3 Å². The van der Waals surface area contributed by atoms with Gasteiger partial charge >= 0.3 is 5.97 Å². The lowest BCUT2D eigenvalue weighted by atomic mass is 10.1. The number of nitrogens with zero attached hydrogens (tertiary/aromatic N) is 1. The Morgan fingerprint density at radius 1 is 1.38 bits per heavy atom. The van der Waals surface area contributed by atoms with E-state index in [1.165, 1.54) is 25.1 Å². The van der Waals surface area contributed by atoms with Crippen LogP contribution in [0.2, 0.25) is 0 Å². The Bertz CT molecular complexity index is 700. The number of esters is 1. The highest BCUT2D eigenvalue weighted by atomic mass is 16.6. The molecule has 6 heteroatoms. The molecule has 0 spiro atoms. The highest BCUT2D eigenvalue weighted by Gasteiger charge is 2.28. The molecule has 0 N–H and O–H groups in total. The smallest absolute Gasteiger partial charge is 0.308 e. The largest absolute Gasteiger partial charge is 0.426 e. The molecule has 0 aliphatic heterocycles. The van der Waals surface area contributed by atoms with Crippen molar-refractivity contribution >= 4 is 23.5 Å². The number of benzene rings is 1. The molecule has 1 aliphatic rings.